The zero-order valence-corrected chi connectivity index (χ0v) is 13.1. The standard InChI is InChI=1S/C14H19N3O6/c1-8(12(21)22)15-13(23)14(2,3)16-9(18)6-7-17-10(19)4-5-11(17)20/h4-5,8H,6-7H2,1-3H3,(H,15,23)(H,16,18)(H,21,22)/t8-/m1/s1. The third kappa shape index (κ3) is 4.90. The predicted molar refractivity (Wildman–Crippen MR) is 77.9 cm³/mol. The highest BCUT2D eigenvalue weighted by Crippen LogP contribution is 2.07. The monoisotopic (exact) mass is 325 g/mol. The molecule has 1 aliphatic rings. The summed E-state index contributed by atoms with van der Waals surface area (Å²) in [6.45, 7) is 4.04. The number of hydrogen-bond acceptors (Lipinski definition) is 5. The van der Waals surface area contributed by atoms with E-state index in [0.29, 0.717) is 0 Å². The highest BCUT2D eigenvalue weighted by molar-refractivity contribution is 6.13. The molecule has 0 aromatic heterocycles. The first-order valence-corrected chi connectivity index (χ1v) is 6.93. The Bertz CT molecular complexity index is 563. The molecule has 0 radical (unpaired) electrons. The predicted octanol–water partition coefficient (Wildman–Crippen LogP) is -1.21. The lowest BCUT2D eigenvalue weighted by Gasteiger charge is -2.26. The molecule has 1 heterocycles. The highest BCUT2D eigenvalue weighted by Gasteiger charge is 2.32. The van der Waals surface area contributed by atoms with Crippen LogP contribution in [0.15, 0.2) is 12.2 Å². The Hall–Kier alpha value is -2.71. The number of rotatable bonds is 7. The molecule has 0 saturated heterocycles. The van der Waals surface area contributed by atoms with E-state index in [2.05, 4.69) is 10.6 Å². The SMILES string of the molecule is C[C@@H](NC(=O)C(C)(C)NC(=O)CCN1C(=O)C=CC1=O)C(=O)O. The molecule has 0 spiro atoms. The number of nitrogens with one attached hydrogen (secondary N) is 2. The number of imide groups is 1. The average molecular weight is 325 g/mol. The fourth-order valence-corrected chi connectivity index (χ4v) is 1.77. The van der Waals surface area contributed by atoms with E-state index in [-0.39, 0.29) is 13.0 Å². The molecule has 9 heteroatoms. The Morgan fingerprint density at radius 2 is 1.74 bits per heavy atom. The summed E-state index contributed by atoms with van der Waals surface area (Å²) >= 11 is 0. The summed E-state index contributed by atoms with van der Waals surface area (Å²) in [5, 5.41) is 13.5. The Morgan fingerprint density at radius 3 is 2.22 bits per heavy atom. The van der Waals surface area contributed by atoms with Gasteiger partial charge in [-0.15, -0.1) is 0 Å². The van der Waals surface area contributed by atoms with Crippen molar-refractivity contribution in [2.24, 2.45) is 0 Å². The van der Waals surface area contributed by atoms with Gasteiger partial charge in [0.15, 0.2) is 0 Å². The highest BCUT2D eigenvalue weighted by atomic mass is 16.4. The molecule has 0 aromatic carbocycles. The summed E-state index contributed by atoms with van der Waals surface area (Å²) in [6, 6.07) is -1.09. The van der Waals surface area contributed by atoms with E-state index in [1.54, 1.807) is 0 Å². The van der Waals surface area contributed by atoms with Gasteiger partial charge in [0, 0.05) is 25.1 Å². The van der Waals surface area contributed by atoms with Gasteiger partial charge in [0.25, 0.3) is 11.8 Å². The lowest BCUT2D eigenvalue weighted by Crippen LogP contribution is -2.57. The van der Waals surface area contributed by atoms with Crippen molar-refractivity contribution >= 4 is 29.6 Å². The fraction of sp³-hybridized carbons (Fsp3) is 0.500. The second kappa shape index (κ2) is 7.03. The molecule has 0 aliphatic carbocycles. The minimum Gasteiger partial charge on any atom is -0.480 e. The van der Waals surface area contributed by atoms with Crippen LogP contribution in [0.1, 0.15) is 27.2 Å². The first-order chi connectivity index (χ1) is 10.5. The van der Waals surface area contributed by atoms with Gasteiger partial charge in [-0.1, -0.05) is 0 Å². The van der Waals surface area contributed by atoms with Crippen LogP contribution in [0, 0.1) is 0 Å². The topological polar surface area (TPSA) is 133 Å². The average Bonchev–Trinajstić information content (AvgIpc) is 2.75. The Kier molecular flexibility index (Phi) is 5.61. The minimum absolute atomic E-state index is 0.0975. The van der Waals surface area contributed by atoms with Crippen molar-refractivity contribution in [1.29, 1.82) is 0 Å². The Morgan fingerprint density at radius 1 is 1.22 bits per heavy atom. The molecule has 1 atom stereocenters. The second-order valence-corrected chi connectivity index (χ2v) is 5.62. The second-order valence-electron chi connectivity index (χ2n) is 5.62. The van der Waals surface area contributed by atoms with Crippen molar-refractivity contribution in [3.05, 3.63) is 12.2 Å². The first kappa shape index (κ1) is 18.3. The lowest BCUT2D eigenvalue weighted by molar-refractivity contribution is -0.142. The number of carboxylic acids is 1. The van der Waals surface area contributed by atoms with Gasteiger partial charge >= 0.3 is 5.97 Å². The van der Waals surface area contributed by atoms with Crippen molar-refractivity contribution in [3.63, 3.8) is 0 Å². The van der Waals surface area contributed by atoms with Crippen molar-refractivity contribution in [1.82, 2.24) is 15.5 Å². The molecule has 126 valence electrons. The van der Waals surface area contributed by atoms with E-state index in [1.165, 1.54) is 20.8 Å². The summed E-state index contributed by atoms with van der Waals surface area (Å²) in [5.41, 5.74) is -1.34. The van der Waals surface area contributed by atoms with Gasteiger partial charge < -0.3 is 15.7 Å². The normalized spacial score (nSPS) is 15.5. The van der Waals surface area contributed by atoms with Gasteiger partial charge in [-0.05, 0) is 20.8 Å². The smallest absolute Gasteiger partial charge is 0.325 e. The van der Waals surface area contributed by atoms with E-state index in [4.69, 9.17) is 5.11 Å². The lowest BCUT2D eigenvalue weighted by atomic mass is 10.0. The molecule has 23 heavy (non-hydrogen) atoms. The van der Waals surface area contributed by atoms with Crippen LogP contribution in [-0.2, 0) is 24.0 Å². The zero-order chi connectivity index (χ0) is 17.8. The first-order valence-electron chi connectivity index (χ1n) is 6.93. The summed E-state index contributed by atoms with van der Waals surface area (Å²) in [5.74, 6) is -3.37. The number of hydrogen-bond donors (Lipinski definition) is 3. The third-order valence-corrected chi connectivity index (χ3v) is 3.20. The summed E-state index contributed by atoms with van der Waals surface area (Å²) in [7, 11) is 0. The third-order valence-electron chi connectivity index (χ3n) is 3.20. The van der Waals surface area contributed by atoms with E-state index in [1.807, 2.05) is 0 Å². The van der Waals surface area contributed by atoms with Crippen LogP contribution in [0.5, 0.6) is 0 Å². The van der Waals surface area contributed by atoms with E-state index < -0.39 is 41.2 Å². The van der Waals surface area contributed by atoms with Gasteiger partial charge in [-0.25, -0.2) is 0 Å². The van der Waals surface area contributed by atoms with Crippen LogP contribution in [0.25, 0.3) is 0 Å². The quantitative estimate of drug-likeness (QED) is 0.503. The zero-order valence-electron chi connectivity index (χ0n) is 13.1. The number of carbonyl (C=O) groups excluding carboxylic acids is 4. The van der Waals surface area contributed by atoms with Crippen molar-refractivity contribution < 1.29 is 29.1 Å². The Labute approximate surface area is 132 Å². The maximum Gasteiger partial charge on any atom is 0.325 e. The van der Waals surface area contributed by atoms with Gasteiger partial charge in [0.2, 0.25) is 11.8 Å². The van der Waals surface area contributed by atoms with E-state index in [9.17, 15) is 24.0 Å². The minimum atomic E-state index is -1.34. The van der Waals surface area contributed by atoms with Crippen LogP contribution >= 0.6 is 0 Å². The number of aliphatic carboxylic acids is 1. The maximum atomic E-state index is 12.0. The molecule has 1 aliphatic heterocycles. The van der Waals surface area contributed by atoms with Crippen molar-refractivity contribution in [3.8, 4) is 0 Å². The summed E-state index contributed by atoms with van der Waals surface area (Å²) < 4.78 is 0. The van der Waals surface area contributed by atoms with E-state index >= 15 is 0 Å². The van der Waals surface area contributed by atoms with Gasteiger partial charge in [-0.2, -0.15) is 0 Å². The molecule has 4 amide bonds. The summed E-state index contributed by atoms with van der Waals surface area (Å²) in [6.07, 6.45) is 2.07. The van der Waals surface area contributed by atoms with E-state index in [0.717, 1.165) is 17.1 Å². The molecule has 0 aromatic rings. The van der Waals surface area contributed by atoms with Gasteiger partial charge in [-0.3, -0.25) is 28.9 Å². The molecule has 3 N–H and O–H groups in total. The number of carboxylic acid groups (broad SMARTS) is 1. The number of carbonyl (C=O) groups is 5. The van der Waals surface area contributed by atoms with Crippen molar-refractivity contribution in [2.75, 3.05) is 6.54 Å². The fourth-order valence-electron chi connectivity index (χ4n) is 1.77. The van der Waals surface area contributed by atoms with Crippen molar-refractivity contribution in [2.45, 2.75) is 38.8 Å². The van der Waals surface area contributed by atoms with Crippen LogP contribution in [0.3, 0.4) is 0 Å². The van der Waals surface area contributed by atoms with Crippen LogP contribution in [0.2, 0.25) is 0 Å². The molecule has 9 nitrogen and oxygen atoms in total. The van der Waals surface area contributed by atoms with Gasteiger partial charge in [0.1, 0.15) is 11.6 Å². The Balaban J connectivity index is 2.51. The largest absolute Gasteiger partial charge is 0.480 e. The molecule has 1 rings (SSSR count). The van der Waals surface area contributed by atoms with Crippen LogP contribution < -0.4 is 10.6 Å². The summed E-state index contributed by atoms with van der Waals surface area (Å²) in [4.78, 5) is 58.2. The maximum absolute atomic E-state index is 12.0. The van der Waals surface area contributed by atoms with Gasteiger partial charge in [0.05, 0.1) is 0 Å². The molecule has 0 bridgehead atoms. The molecule has 0 saturated carbocycles. The number of nitrogens with zero attached hydrogens (tertiary/aromatic N) is 1. The van der Waals surface area contributed by atoms with Crippen LogP contribution in [0.4, 0.5) is 0 Å². The van der Waals surface area contributed by atoms with Crippen LogP contribution in [-0.4, -0.2) is 57.7 Å². The molecule has 0 fully saturated rings. The molecular weight excluding hydrogens is 306 g/mol. The molecule has 0 unspecified atom stereocenters. The molecular formula is C14H19N3O6. The number of amides is 4.